The Morgan fingerprint density at radius 1 is 1.26 bits per heavy atom. The van der Waals surface area contributed by atoms with Crippen LogP contribution >= 0.6 is 11.6 Å². The lowest BCUT2D eigenvalue weighted by Crippen LogP contribution is -2.12. The summed E-state index contributed by atoms with van der Waals surface area (Å²) in [5.74, 6) is 1.07. The summed E-state index contributed by atoms with van der Waals surface area (Å²) >= 11 is 5.98. The maximum absolute atomic E-state index is 11.2. The number of aliphatic carboxylic acids is 1. The number of aromatic nitrogens is 2. The first-order chi connectivity index (χ1) is 11.1. The molecular weight excluding hydrogens is 312 g/mol. The third-order valence-corrected chi connectivity index (χ3v) is 5.10. The minimum absolute atomic E-state index is 0.0924. The van der Waals surface area contributed by atoms with Gasteiger partial charge in [-0.15, -0.1) is 0 Å². The van der Waals surface area contributed by atoms with Gasteiger partial charge in [0.15, 0.2) is 0 Å². The van der Waals surface area contributed by atoms with Crippen molar-refractivity contribution in [1.29, 1.82) is 0 Å². The van der Waals surface area contributed by atoms with Gasteiger partial charge in [0.2, 0.25) is 0 Å². The standard InChI is InChI=1S/C18H19ClN2O2/c19-14-6-1-11(2-7-14)10-21-17-13(9-16(22)23)5-8-15(17)20-18(21)12-3-4-12/h1-2,6-7,12-13H,3-5,8-10H2,(H,22,23). The number of halogens is 1. The molecule has 1 heterocycles. The number of carboxylic acids is 1. The summed E-state index contributed by atoms with van der Waals surface area (Å²) in [5, 5.41) is 9.93. The summed E-state index contributed by atoms with van der Waals surface area (Å²) < 4.78 is 2.29. The highest BCUT2D eigenvalue weighted by Gasteiger charge is 2.36. The van der Waals surface area contributed by atoms with E-state index in [1.165, 1.54) is 18.4 Å². The minimum Gasteiger partial charge on any atom is -0.481 e. The van der Waals surface area contributed by atoms with Gasteiger partial charge in [0.1, 0.15) is 5.82 Å². The lowest BCUT2D eigenvalue weighted by Gasteiger charge is -2.16. The molecule has 1 saturated carbocycles. The monoisotopic (exact) mass is 330 g/mol. The van der Waals surface area contributed by atoms with Crippen LogP contribution in [0, 0.1) is 0 Å². The van der Waals surface area contributed by atoms with Crippen molar-refractivity contribution >= 4 is 17.6 Å². The van der Waals surface area contributed by atoms with Gasteiger partial charge in [-0.05, 0) is 43.4 Å². The van der Waals surface area contributed by atoms with Crippen molar-refractivity contribution in [2.24, 2.45) is 0 Å². The van der Waals surface area contributed by atoms with E-state index in [0.717, 1.165) is 41.6 Å². The van der Waals surface area contributed by atoms with Gasteiger partial charge < -0.3 is 9.67 Å². The molecular formula is C18H19ClN2O2. The molecule has 4 rings (SSSR count). The van der Waals surface area contributed by atoms with Crippen LogP contribution in [0.3, 0.4) is 0 Å². The van der Waals surface area contributed by atoms with Gasteiger partial charge in [0, 0.05) is 29.1 Å². The first-order valence-corrected chi connectivity index (χ1v) is 8.55. The summed E-state index contributed by atoms with van der Waals surface area (Å²) in [7, 11) is 0. The van der Waals surface area contributed by atoms with Gasteiger partial charge in [0.25, 0.3) is 0 Å². The number of fused-ring (bicyclic) bond motifs is 1. The Kier molecular flexibility index (Phi) is 3.64. The van der Waals surface area contributed by atoms with Gasteiger partial charge in [0.05, 0.1) is 12.1 Å². The average Bonchev–Trinajstić information content (AvgIpc) is 3.19. The highest BCUT2D eigenvalue weighted by atomic mass is 35.5. The molecule has 0 aliphatic heterocycles. The van der Waals surface area contributed by atoms with Crippen molar-refractivity contribution < 1.29 is 9.90 Å². The van der Waals surface area contributed by atoms with Crippen LogP contribution in [-0.2, 0) is 17.8 Å². The first kappa shape index (κ1) is 14.8. The predicted octanol–water partition coefficient (Wildman–Crippen LogP) is 3.97. The molecule has 0 bridgehead atoms. The Morgan fingerprint density at radius 3 is 2.65 bits per heavy atom. The highest BCUT2D eigenvalue weighted by molar-refractivity contribution is 6.30. The van der Waals surface area contributed by atoms with Crippen molar-refractivity contribution in [3.8, 4) is 0 Å². The molecule has 0 radical (unpaired) electrons. The van der Waals surface area contributed by atoms with Crippen LogP contribution in [0.5, 0.6) is 0 Å². The molecule has 4 nitrogen and oxygen atoms in total. The second-order valence-electron chi connectivity index (χ2n) is 6.62. The van der Waals surface area contributed by atoms with E-state index >= 15 is 0 Å². The molecule has 2 aromatic rings. The summed E-state index contributed by atoms with van der Waals surface area (Å²) in [6.07, 6.45) is 4.39. The van der Waals surface area contributed by atoms with Crippen LogP contribution < -0.4 is 0 Å². The van der Waals surface area contributed by atoms with E-state index in [0.29, 0.717) is 5.92 Å². The lowest BCUT2D eigenvalue weighted by atomic mass is 10.0. The SMILES string of the molecule is O=C(O)CC1CCc2nc(C3CC3)n(Cc3ccc(Cl)cc3)c21. The minimum atomic E-state index is -0.727. The van der Waals surface area contributed by atoms with Crippen LogP contribution in [0.25, 0.3) is 0 Å². The molecule has 0 spiro atoms. The van der Waals surface area contributed by atoms with E-state index in [-0.39, 0.29) is 12.3 Å². The molecule has 0 amide bonds. The molecule has 1 unspecified atom stereocenters. The second-order valence-corrected chi connectivity index (χ2v) is 7.06. The Balaban J connectivity index is 1.71. The van der Waals surface area contributed by atoms with E-state index in [1.54, 1.807) is 0 Å². The zero-order chi connectivity index (χ0) is 16.0. The molecule has 1 atom stereocenters. The van der Waals surface area contributed by atoms with Crippen molar-refractivity contribution in [3.05, 3.63) is 52.1 Å². The van der Waals surface area contributed by atoms with E-state index in [4.69, 9.17) is 16.6 Å². The summed E-state index contributed by atoms with van der Waals surface area (Å²) in [4.78, 5) is 16.0. The summed E-state index contributed by atoms with van der Waals surface area (Å²) in [6, 6.07) is 7.87. The van der Waals surface area contributed by atoms with Crippen molar-refractivity contribution in [2.45, 2.75) is 50.5 Å². The van der Waals surface area contributed by atoms with Crippen LogP contribution in [0.2, 0.25) is 5.02 Å². The Labute approximate surface area is 140 Å². The number of benzene rings is 1. The topological polar surface area (TPSA) is 55.1 Å². The Hall–Kier alpha value is -1.81. The van der Waals surface area contributed by atoms with E-state index in [9.17, 15) is 9.90 Å². The number of imidazole rings is 1. The largest absolute Gasteiger partial charge is 0.481 e. The van der Waals surface area contributed by atoms with Gasteiger partial charge in [-0.25, -0.2) is 4.98 Å². The van der Waals surface area contributed by atoms with E-state index in [1.807, 2.05) is 24.3 Å². The molecule has 0 saturated heterocycles. The Bertz CT molecular complexity index is 747. The number of rotatable bonds is 5. The number of hydrogen-bond donors (Lipinski definition) is 1. The molecule has 1 aromatic carbocycles. The van der Waals surface area contributed by atoms with E-state index in [2.05, 4.69) is 4.57 Å². The quantitative estimate of drug-likeness (QED) is 0.902. The van der Waals surface area contributed by atoms with Crippen LogP contribution in [0.15, 0.2) is 24.3 Å². The highest BCUT2D eigenvalue weighted by Crippen LogP contribution is 2.44. The molecule has 5 heteroatoms. The van der Waals surface area contributed by atoms with Crippen molar-refractivity contribution in [3.63, 3.8) is 0 Å². The molecule has 1 aromatic heterocycles. The number of hydrogen-bond acceptors (Lipinski definition) is 2. The van der Waals surface area contributed by atoms with Crippen LogP contribution in [-0.4, -0.2) is 20.6 Å². The Morgan fingerprint density at radius 2 is 2.00 bits per heavy atom. The first-order valence-electron chi connectivity index (χ1n) is 8.17. The van der Waals surface area contributed by atoms with Gasteiger partial charge >= 0.3 is 5.97 Å². The zero-order valence-corrected chi connectivity index (χ0v) is 13.6. The molecule has 2 aliphatic rings. The summed E-state index contributed by atoms with van der Waals surface area (Å²) in [5.41, 5.74) is 3.45. The molecule has 2 aliphatic carbocycles. The van der Waals surface area contributed by atoms with Crippen LogP contribution in [0.4, 0.5) is 0 Å². The van der Waals surface area contributed by atoms with Gasteiger partial charge in [-0.3, -0.25) is 4.79 Å². The molecule has 1 N–H and O–H groups in total. The third-order valence-electron chi connectivity index (χ3n) is 4.85. The maximum Gasteiger partial charge on any atom is 0.304 e. The smallest absolute Gasteiger partial charge is 0.304 e. The number of aryl methyl sites for hydroxylation is 1. The predicted molar refractivity (Wildman–Crippen MR) is 88.1 cm³/mol. The zero-order valence-electron chi connectivity index (χ0n) is 12.8. The number of carbonyl (C=O) groups is 1. The second kappa shape index (κ2) is 5.68. The fraction of sp³-hybridized carbons (Fsp3) is 0.444. The van der Waals surface area contributed by atoms with Gasteiger partial charge in [-0.1, -0.05) is 23.7 Å². The number of carboxylic acid groups (broad SMARTS) is 1. The maximum atomic E-state index is 11.2. The fourth-order valence-electron chi connectivity index (χ4n) is 3.62. The van der Waals surface area contributed by atoms with E-state index < -0.39 is 5.97 Å². The van der Waals surface area contributed by atoms with Crippen LogP contribution in [0.1, 0.15) is 60.3 Å². The summed E-state index contributed by atoms with van der Waals surface area (Å²) in [6.45, 7) is 0.751. The van der Waals surface area contributed by atoms with Crippen molar-refractivity contribution in [1.82, 2.24) is 9.55 Å². The van der Waals surface area contributed by atoms with Crippen molar-refractivity contribution in [2.75, 3.05) is 0 Å². The normalized spacial score (nSPS) is 19.8. The fourth-order valence-corrected chi connectivity index (χ4v) is 3.75. The third kappa shape index (κ3) is 2.88. The molecule has 1 fully saturated rings. The lowest BCUT2D eigenvalue weighted by molar-refractivity contribution is -0.137. The number of nitrogens with zero attached hydrogens (tertiary/aromatic N) is 2. The molecule has 23 heavy (non-hydrogen) atoms. The average molecular weight is 331 g/mol. The van der Waals surface area contributed by atoms with Gasteiger partial charge in [-0.2, -0.15) is 0 Å². The molecule has 120 valence electrons.